The van der Waals surface area contributed by atoms with Crippen LogP contribution in [0.4, 0.5) is 8.78 Å². The minimum atomic E-state index is -2.52. The fourth-order valence-electron chi connectivity index (χ4n) is 0.507. The van der Waals surface area contributed by atoms with Crippen LogP contribution in [0.3, 0.4) is 0 Å². The van der Waals surface area contributed by atoms with Crippen LogP contribution < -0.4 is 0 Å². The molecule has 4 heteroatoms. The lowest BCUT2D eigenvalue weighted by molar-refractivity contribution is 0.140. The Balaban J connectivity index is 0.000000461. The number of aryl methyl sites for hydroxylation is 1. The van der Waals surface area contributed by atoms with Crippen molar-refractivity contribution in [3.63, 3.8) is 0 Å². The summed E-state index contributed by atoms with van der Waals surface area (Å²) in [5.74, 6) is 0. The van der Waals surface area contributed by atoms with E-state index >= 15 is 0 Å². The molecule has 1 heterocycles. The van der Waals surface area contributed by atoms with Gasteiger partial charge >= 0.3 is 0 Å². The molecule has 1 aromatic heterocycles. The quantitative estimate of drug-likeness (QED) is 0.636. The molecule has 0 aliphatic rings. The van der Waals surface area contributed by atoms with Gasteiger partial charge in [0.05, 0.1) is 0 Å². The topological polar surface area (TPSA) is 26.0 Å². The standard InChI is InChI=1S/C5H5F2NO.C2H6/c1-3-2-9-8-4(3)5(6)7;1-2/h2,5H,1H3;1-2H3. The molecule has 2 nitrogen and oxygen atoms in total. The molecule has 0 unspecified atom stereocenters. The first kappa shape index (κ1) is 10.1. The van der Waals surface area contributed by atoms with Gasteiger partial charge in [0.15, 0.2) is 5.69 Å². The molecular formula is C7H11F2NO. The lowest BCUT2D eigenvalue weighted by Gasteiger charge is -1.89. The second-order valence-electron chi connectivity index (χ2n) is 1.68. The van der Waals surface area contributed by atoms with E-state index in [2.05, 4.69) is 9.68 Å². The molecule has 0 saturated carbocycles. The van der Waals surface area contributed by atoms with Gasteiger partial charge in [-0.2, -0.15) is 0 Å². The zero-order valence-corrected chi connectivity index (χ0v) is 6.77. The Bertz CT molecular complexity index is 198. The molecule has 0 bridgehead atoms. The molecule has 1 rings (SSSR count). The van der Waals surface area contributed by atoms with Crippen molar-refractivity contribution in [1.29, 1.82) is 0 Å². The maximum atomic E-state index is 11.7. The van der Waals surface area contributed by atoms with Crippen molar-refractivity contribution in [2.75, 3.05) is 0 Å². The molecule has 0 saturated heterocycles. The maximum Gasteiger partial charge on any atom is 0.284 e. The molecule has 64 valence electrons. The largest absolute Gasteiger partial charge is 0.364 e. The van der Waals surface area contributed by atoms with E-state index in [-0.39, 0.29) is 5.69 Å². The van der Waals surface area contributed by atoms with Crippen molar-refractivity contribution >= 4 is 0 Å². The van der Waals surface area contributed by atoms with E-state index in [0.717, 1.165) is 0 Å². The molecular weight excluding hydrogens is 152 g/mol. The molecule has 0 radical (unpaired) electrons. The van der Waals surface area contributed by atoms with Crippen LogP contribution in [0.25, 0.3) is 0 Å². The van der Waals surface area contributed by atoms with Crippen LogP contribution in [0.1, 0.15) is 31.5 Å². The van der Waals surface area contributed by atoms with Crippen LogP contribution in [-0.4, -0.2) is 5.16 Å². The van der Waals surface area contributed by atoms with Crippen molar-refractivity contribution < 1.29 is 13.3 Å². The summed E-state index contributed by atoms with van der Waals surface area (Å²) in [5.41, 5.74) is 0.125. The Morgan fingerprint density at radius 2 is 2.00 bits per heavy atom. The number of nitrogens with zero attached hydrogens (tertiary/aromatic N) is 1. The van der Waals surface area contributed by atoms with Gasteiger partial charge in [-0.05, 0) is 6.92 Å². The average Bonchev–Trinajstić information content (AvgIpc) is 2.39. The summed E-state index contributed by atoms with van der Waals surface area (Å²) >= 11 is 0. The van der Waals surface area contributed by atoms with Crippen LogP contribution in [0.2, 0.25) is 0 Å². The minimum absolute atomic E-state index is 0.269. The molecule has 0 aromatic carbocycles. The number of rotatable bonds is 1. The van der Waals surface area contributed by atoms with E-state index in [1.165, 1.54) is 13.2 Å². The highest BCUT2D eigenvalue weighted by Gasteiger charge is 2.13. The number of aromatic nitrogens is 1. The van der Waals surface area contributed by atoms with Crippen molar-refractivity contribution in [2.24, 2.45) is 0 Å². The first-order valence-electron chi connectivity index (χ1n) is 3.41. The lowest BCUT2D eigenvalue weighted by Crippen LogP contribution is -1.85. The van der Waals surface area contributed by atoms with E-state index in [1.54, 1.807) is 0 Å². The van der Waals surface area contributed by atoms with Gasteiger partial charge in [-0.25, -0.2) is 8.78 Å². The summed E-state index contributed by atoms with van der Waals surface area (Å²) in [6, 6.07) is 0. The Morgan fingerprint density at radius 3 is 2.18 bits per heavy atom. The summed E-state index contributed by atoms with van der Waals surface area (Å²) in [6.07, 6.45) is -1.33. The predicted octanol–water partition coefficient (Wildman–Crippen LogP) is 2.95. The smallest absolute Gasteiger partial charge is 0.284 e. The Labute approximate surface area is 64.2 Å². The van der Waals surface area contributed by atoms with E-state index in [0.29, 0.717) is 5.56 Å². The highest BCUT2D eigenvalue weighted by Crippen LogP contribution is 2.19. The van der Waals surface area contributed by atoms with Gasteiger partial charge in [0.25, 0.3) is 6.43 Å². The number of hydrogen-bond acceptors (Lipinski definition) is 2. The molecule has 11 heavy (non-hydrogen) atoms. The van der Waals surface area contributed by atoms with Gasteiger partial charge in [0, 0.05) is 5.56 Å². The van der Waals surface area contributed by atoms with Crippen LogP contribution in [0.5, 0.6) is 0 Å². The summed E-state index contributed by atoms with van der Waals surface area (Å²) in [6.45, 7) is 5.53. The van der Waals surface area contributed by atoms with Gasteiger partial charge in [0.1, 0.15) is 6.26 Å². The highest BCUT2D eigenvalue weighted by molar-refractivity contribution is 5.12. The summed E-state index contributed by atoms with van der Waals surface area (Å²) in [5, 5.41) is 3.09. The normalized spacial score (nSPS) is 9.27. The van der Waals surface area contributed by atoms with E-state index < -0.39 is 6.43 Å². The SMILES string of the molecule is CC.Cc1conc1C(F)F. The maximum absolute atomic E-state index is 11.7. The van der Waals surface area contributed by atoms with Crippen LogP contribution in [0, 0.1) is 6.92 Å². The van der Waals surface area contributed by atoms with Crippen molar-refractivity contribution in [2.45, 2.75) is 27.2 Å². The fourth-order valence-corrected chi connectivity index (χ4v) is 0.507. The molecule has 0 aliphatic carbocycles. The van der Waals surface area contributed by atoms with E-state index in [9.17, 15) is 8.78 Å². The molecule has 0 aliphatic heterocycles. The minimum Gasteiger partial charge on any atom is -0.364 e. The molecule has 0 N–H and O–H groups in total. The number of halogens is 2. The first-order chi connectivity index (χ1) is 5.22. The zero-order valence-electron chi connectivity index (χ0n) is 6.77. The van der Waals surface area contributed by atoms with Crippen LogP contribution in [0.15, 0.2) is 10.8 Å². The molecule has 0 atom stereocenters. The van der Waals surface area contributed by atoms with Gasteiger partial charge in [-0.15, -0.1) is 0 Å². The summed E-state index contributed by atoms with van der Waals surface area (Å²) < 4.78 is 27.8. The molecule has 0 spiro atoms. The average molecular weight is 163 g/mol. The third kappa shape index (κ3) is 2.65. The second-order valence-corrected chi connectivity index (χ2v) is 1.68. The van der Waals surface area contributed by atoms with E-state index in [1.807, 2.05) is 13.8 Å². The van der Waals surface area contributed by atoms with Gasteiger partial charge < -0.3 is 4.52 Å². The third-order valence-corrected chi connectivity index (χ3v) is 0.991. The van der Waals surface area contributed by atoms with E-state index in [4.69, 9.17) is 0 Å². The molecule has 1 aromatic rings. The number of alkyl halides is 2. The second kappa shape index (κ2) is 4.82. The highest BCUT2D eigenvalue weighted by atomic mass is 19.3. The summed E-state index contributed by atoms with van der Waals surface area (Å²) in [7, 11) is 0. The van der Waals surface area contributed by atoms with Gasteiger partial charge in [0.2, 0.25) is 0 Å². The van der Waals surface area contributed by atoms with Crippen LogP contribution >= 0.6 is 0 Å². The third-order valence-electron chi connectivity index (χ3n) is 0.991. The zero-order chi connectivity index (χ0) is 8.85. The Hall–Kier alpha value is -0.930. The van der Waals surface area contributed by atoms with Crippen LogP contribution in [-0.2, 0) is 0 Å². The Morgan fingerprint density at radius 1 is 1.45 bits per heavy atom. The monoisotopic (exact) mass is 163 g/mol. The van der Waals surface area contributed by atoms with Crippen molar-refractivity contribution in [3.05, 3.63) is 17.5 Å². The molecule has 0 amide bonds. The van der Waals surface area contributed by atoms with Gasteiger partial charge in [-0.3, -0.25) is 0 Å². The van der Waals surface area contributed by atoms with Gasteiger partial charge in [-0.1, -0.05) is 19.0 Å². The fraction of sp³-hybridized carbons (Fsp3) is 0.571. The predicted molar refractivity (Wildman–Crippen MR) is 37.5 cm³/mol. The Kier molecular flexibility index (Phi) is 4.41. The first-order valence-corrected chi connectivity index (χ1v) is 3.41. The number of hydrogen-bond donors (Lipinski definition) is 0. The summed E-state index contributed by atoms with van der Waals surface area (Å²) in [4.78, 5) is 0. The lowest BCUT2D eigenvalue weighted by atomic mass is 10.3. The van der Waals surface area contributed by atoms with Crippen molar-refractivity contribution in [1.82, 2.24) is 5.16 Å². The van der Waals surface area contributed by atoms with Crippen molar-refractivity contribution in [3.8, 4) is 0 Å². The molecule has 0 fully saturated rings.